The van der Waals surface area contributed by atoms with Crippen molar-refractivity contribution >= 4 is 0 Å². The van der Waals surface area contributed by atoms with Gasteiger partial charge >= 0.3 is 0 Å². The molecule has 0 heterocycles. The van der Waals surface area contributed by atoms with Gasteiger partial charge in [-0.1, -0.05) is 45.0 Å². The fourth-order valence-electron chi connectivity index (χ4n) is 3.52. The van der Waals surface area contributed by atoms with E-state index in [9.17, 15) is 8.78 Å². The van der Waals surface area contributed by atoms with E-state index in [1.54, 1.807) is 0 Å². The van der Waals surface area contributed by atoms with Gasteiger partial charge < -0.3 is 10.1 Å². The normalized spacial score (nSPS) is 12.9. The highest BCUT2D eigenvalue weighted by molar-refractivity contribution is 5.35. The second-order valence-electron chi connectivity index (χ2n) is 8.98. The largest absolute Gasteiger partial charge is 0.372 e. The zero-order valence-corrected chi connectivity index (χ0v) is 18.4. The van der Waals surface area contributed by atoms with E-state index in [0.717, 1.165) is 19.5 Å². The van der Waals surface area contributed by atoms with E-state index in [0.29, 0.717) is 19.4 Å². The molecule has 0 amide bonds. The molecular formula is C25H35F2NO. The van der Waals surface area contributed by atoms with Crippen LogP contribution < -0.4 is 5.32 Å². The molecule has 1 unspecified atom stereocenters. The number of halogens is 2. The van der Waals surface area contributed by atoms with E-state index in [1.807, 2.05) is 0 Å². The maximum atomic E-state index is 13.8. The molecule has 29 heavy (non-hydrogen) atoms. The Kier molecular flexibility index (Phi) is 8.79. The van der Waals surface area contributed by atoms with Crippen molar-refractivity contribution in [3.63, 3.8) is 0 Å². The number of nitrogens with one attached hydrogen (secondary N) is 1. The summed E-state index contributed by atoms with van der Waals surface area (Å²) in [5, 5.41) is 3.53. The molecule has 0 radical (unpaired) electrons. The Morgan fingerprint density at radius 3 is 2.14 bits per heavy atom. The van der Waals surface area contributed by atoms with E-state index in [4.69, 9.17) is 4.74 Å². The average Bonchev–Trinajstić information content (AvgIpc) is 2.62. The van der Waals surface area contributed by atoms with Crippen molar-refractivity contribution in [1.29, 1.82) is 0 Å². The number of benzene rings is 2. The van der Waals surface area contributed by atoms with Gasteiger partial charge in [0, 0.05) is 18.7 Å². The zero-order valence-electron chi connectivity index (χ0n) is 18.4. The van der Waals surface area contributed by atoms with Crippen LogP contribution in [0.5, 0.6) is 0 Å². The van der Waals surface area contributed by atoms with Gasteiger partial charge in [0.05, 0.1) is 6.10 Å². The Balaban J connectivity index is 1.98. The monoisotopic (exact) mass is 403 g/mol. The molecular weight excluding hydrogens is 368 g/mol. The standard InChI is InChI=1S/C25H35F2NO/c1-18-9-6-10-19(2)24(18)23(17-28-15-14-25(3,4)5)29-16-8-11-20-21(26)12-7-13-22(20)27/h6-7,9-10,12-13,23,28H,8,11,14-17H2,1-5H3. The Morgan fingerprint density at radius 2 is 1.55 bits per heavy atom. The number of hydrogen-bond acceptors (Lipinski definition) is 2. The lowest BCUT2D eigenvalue weighted by molar-refractivity contribution is 0.0497. The van der Waals surface area contributed by atoms with Gasteiger partial charge in [0.25, 0.3) is 0 Å². The van der Waals surface area contributed by atoms with Crippen molar-refractivity contribution in [3.05, 3.63) is 70.3 Å². The van der Waals surface area contributed by atoms with Gasteiger partial charge in [-0.25, -0.2) is 8.78 Å². The van der Waals surface area contributed by atoms with Crippen molar-refractivity contribution < 1.29 is 13.5 Å². The van der Waals surface area contributed by atoms with E-state index in [-0.39, 0.29) is 17.1 Å². The molecule has 2 nitrogen and oxygen atoms in total. The smallest absolute Gasteiger partial charge is 0.129 e. The summed E-state index contributed by atoms with van der Waals surface area (Å²) in [7, 11) is 0. The molecule has 0 saturated heterocycles. The lowest BCUT2D eigenvalue weighted by atomic mass is 9.92. The first-order chi connectivity index (χ1) is 13.7. The van der Waals surface area contributed by atoms with Crippen molar-refractivity contribution in [2.75, 3.05) is 19.7 Å². The van der Waals surface area contributed by atoms with Gasteiger partial charge in [-0.2, -0.15) is 0 Å². The minimum absolute atomic E-state index is 0.0818. The summed E-state index contributed by atoms with van der Waals surface area (Å²) >= 11 is 0. The predicted molar refractivity (Wildman–Crippen MR) is 116 cm³/mol. The first-order valence-electron chi connectivity index (χ1n) is 10.5. The SMILES string of the molecule is Cc1cccc(C)c1C(CNCCC(C)(C)C)OCCCc1c(F)cccc1F. The van der Waals surface area contributed by atoms with Crippen molar-refractivity contribution in [2.24, 2.45) is 5.41 Å². The first kappa shape index (κ1) is 23.5. The van der Waals surface area contributed by atoms with Gasteiger partial charge in [0.15, 0.2) is 0 Å². The van der Waals surface area contributed by atoms with Gasteiger partial charge in [-0.15, -0.1) is 0 Å². The first-order valence-corrected chi connectivity index (χ1v) is 10.5. The zero-order chi connectivity index (χ0) is 21.4. The molecule has 0 bridgehead atoms. The van der Waals surface area contributed by atoms with E-state index >= 15 is 0 Å². The Morgan fingerprint density at radius 1 is 0.966 bits per heavy atom. The highest BCUT2D eigenvalue weighted by atomic mass is 19.1. The predicted octanol–water partition coefficient (Wildman–Crippen LogP) is 6.30. The molecule has 1 atom stereocenters. The van der Waals surface area contributed by atoms with Crippen molar-refractivity contribution in [1.82, 2.24) is 5.32 Å². The molecule has 0 aliphatic carbocycles. The molecule has 2 aromatic rings. The Labute approximate surface area is 174 Å². The number of rotatable bonds is 10. The second kappa shape index (κ2) is 10.8. The van der Waals surface area contributed by atoms with Gasteiger partial charge in [-0.3, -0.25) is 0 Å². The number of hydrogen-bond donors (Lipinski definition) is 1. The summed E-state index contributed by atoms with van der Waals surface area (Å²) in [6, 6.07) is 10.3. The summed E-state index contributed by atoms with van der Waals surface area (Å²) in [5.74, 6) is -0.972. The maximum absolute atomic E-state index is 13.8. The van der Waals surface area contributed by atoms with Crippen LogP contribution >= 0.6 is 0 Å². The third kappa shape index (κ3) is 7.52. The van der Waals surface area contributed by atoms with E-state index in [2.05, 4.69) is 58.1 Å². The molecule has 0 spiro atoms. The topological polar surface area (TPSA) is 21.3 Å². The van der Waals surface area contributed by atoms with Gasteiger partial charge in [0.1, 0.15) is 11.6 Å². The number of aryl methyl sites for hydroxylation is 2. The van der Waals surface area contributed by atoms with E-state index in [1.165, 1.54) is 34.9 Å². The summed E-state index contributed by atoms with van der Waals surface area (Å²) in [6.07, 6.45) is 1.90. The van der Waals surface area contributed by atoms with E-state index < -0.39 is 11.6 Å². The van der Waals surface area contributed by atoms with Crippen LogP contribution in [-0.2, 0) is 11.2 Å². The molecule has 0 fully saturated rings. The highest BCUT2D eigenvalue weighted by Gasteiger charge is 2.18. The summed E-state index contributed by atoms with van der Waals surface area (Å²) in [5.41, 5.74) is 4.03. The van der Waals surface area contributed by atoms with Crippen molar-refractivity contribution in [3.8, 4) is 0 Å². The molecule has 0 aliphatic rings. The molecule has 2 rings (SSSR count). The van der Waals surface area contributed by atoms with Crippen LogP contribution in [0, 0.1) is 30.9 Å². The van der Waals surface area contributed by atoms with Gasteiger partial charge in [-0.05, 0) is 73.9 Å². The summed E-state index contributed by atoms with van der Waals surface area (Å²) < 4.78 is 33.9. The summed E-state index contributed by atoms with van der Waals surface area (Å²) in [6.45, 7) is 13.0. The van der Waals surface area contributed by atoms with Crippen LogP contribution in [-0.4, -0.2) is 19.7 Å². The lowest BCUT2D eigenvalue weighted by Gasteiger charge is -2.24. The Bertz CT molecular complexity index is 742. The van der Waals surface area contributed by atoms with Crippen LogP contribution in [0.3, 0.4) is 0 Å². The third-order valence-corrected chi connectivity index (χ3v) is 5.20. The highest BCUT2D eigenvalue weighted by Crippen LogP contribution is 2.25. The maximum Gasteiger partial charge on any atom is 0.129 e. The lowest BCUT2D eigenvalue weighted by Crippen LogP contribution is -2.28. The molecule has 0 aliphatic heterocycles. The quantitative estimate of drug-likeness (QED) is 0.470. The van der Waals surface area contributed by atoms with Crippen LogP contribution in [0.2, 0.25) is 0 Å². The molecule has 0 saturated carbocycles. The van der Waals surface area contributed by atoms with Crippen LogP contribution in [0.1, 0.15) is 62.0 Å². The summed E-state index contributed by atoms with van der Waals surface area (Å²) in [4.78, 5) is 0. The second-order valence-corrected chi connectivity index (χ2v) is 8.98. The molecule has 160 valence electrons. The molecule has 2 aromatic carbocycles. The fourth-order valence-corrected chi connectivity index (χ4v) is 3.52. The minimum Gasteiger partial charge on any atom is -0.372 e. The van der Waals surface area contributed by atoms with Crippen LogP contribution in [0.15, 0.2) is 36.4 Å². The third-order valence-electron chi connectivity index (χ3n) is 5.20. The minimum atomic E-state index is -0.486. The van der Waals surface area contributed by atoms with Crippen LogP contribution in [0.25, 0.3) is 0 Å². The molecule has 1 N–H and O–H groups in total. The number of ether oxygens (including phenoxy) is 1. The molecule has 0 aromatic heterocycles. The van der Waals surface area contributed by atoms with Crippen molar-refractivity contribution in [2.45, 2.75) is 60.0 Å². The average molecular weight is 404 g/mol. The van der Waals surface area contributed by atoms with Crippen LogP contribution in [0.4, 0.5) is 8.78 Å². The van der Waals surface area contributed by atoms with Gasteiger partial charge in [0.2, 0.25) is 0 Å². The molecule has 4 heteroatoms. The Hall–Kier alpha value is -1.78. The fraction of sp³-hybridized carbons (Fsp3) is 0.520.